The van der Waals surface area contributed by atoms with Crippen LogP contribution in [0.3, 0.4) is 0 Å². The Morgan fingerprint density at radius 3 is 2.82 bits per heavy atom. The van der Waals surface area contributed by atoms with Gasteiger partial charge in [0.1, 0.15) is 0 Å². The molecule has 2 aliphatic rings. The second-order valence-corrected chi connectivity index (χ2v) is 6.01. The first kappa shape index (κ1) is 13.3. The number of aliphatic hydroxyl groups is 1. The van der Waals surface area contributed by atoms with Crippen molar-refractivity contribution in [2.24, 2.45) is 11.8 Å². The molecule has 3 nitrogen and oxygen atoms in total. The average Bonchev–Trinajstić information content (AvgIpc) is 2.62. The molecule has 0 aromatic rings. The zero-order valence-corrected chi connectivity index (χ0v) is 11.4. The van der Waals surface area contributed by atoms with Gasteiger partial charge in [-0.15, -0.1) is 0 Å². The molecule has 2 N–H and O–H groups in total. The Labute approximate surface area is 106 Å². The third-order valence-corrected chi connectivity index (χ3v) is 5.21. The van der Waals surface area contributed by atoms with Gasteiger partial charge in [-0.2, -0.15) is 0 Å². The topological polar surface area (TPSA) is 35.5 Å². The van der Waals surface area contributed by atoms with E-state index in [9.17, 15) is 5.11 Å². The standard InChI is InChI=1S/C14H28N2O/c1-12-5-3-6-14(11-17,13(12)2)16-9-4-7-15-8-10-16/h12-13,15,17H,3-11H2,1-2H3. The van der Waals surface area contributed by atoms with Crippen molar-refractivity contribution < 1.29 is 5.11 Å². The van der Waals surface area contributed by atoms with Crippen LogP contribution >= 0.6 is 0 Å². The predicted octanol–water partition coefficient (Wildman–Crippen LogP) is 1.47. The van der Waals surface area contributed by atoms with Crippen LogP contribution in [-0.2, 0) is 0 Å². The van der Waals surface area contributed by atoms with E-state index in [1.54, 1.807) is 0 Å². The van der Waals surface area contributed by atoms with Gasteiger partial charge in [0.25, 0.3) is 0 Å². The van der Waals surface area contributed by atoms with Crippen molar-refractivity contribution in [3.63, 3.8) is 0 Å². The van der Waals surface area contributed by atoms with E-state index in [4.69, 9.17) is 0 Å². The van der Waals surface area contributed by atoms with Crippen molar-refractivity contribution in [2.75, 3.05) is 32.8 Å². The minimum atomic E-state index is 0.0592. The van der Waals surface area contributed by atoms with Gasteiger partial charge in [0.2, 0.25) is 0 Å². The summed E-state index contributed by atoms with van der Waals surface area (Å²) in [7, 11) is 0. The van der Waals surface area contributed by atoms with Gasteiger partial charge in [-0.05, 0) is 31.2 Å². The molecule has 0 bridgehead atoms. The molecule has 0 aromatic carbocycles. The van der Waals surface area contributed by atoms with E-state index in [1.165, 1.54) is 25.7 Å². The summed E-state index contributed by atoms with van der Waals surface area (Å²) in [6, 6.07) is 0. The molecular formula is C14H28N2O. The second kappa shape index (κ2) is 5.68. The fourth-order valence-electron chi connectivity index (χ4n) is 3.80. The molecule has 2 rings (SSSR count). The van der Waals surface area contributed by atoms with Crippen LogP contribution in [0, 0.1) is 11.8 Å². The minimum Gasteiger partial charge on any atom is -0.394 e. The summed E-state index contributed by atoms with van der Waals surface area (Å²) in [5.41, 5.74) is 0.0592. The smallest absolute Gasteiger partial charge is 0.0618 e. The van der Waals surface area contributed by atoms with Crippen molar-refractivity contribution in [3.05, 3.63) is 0 Å². The van der Waals surface area contributed by atoms with Crippen LogP contribution in [0.15, 0.2) is 0 Å². The molecule has 0 radical (unpaired) electrons. The van der Waals surface area contributed by atoms with E-state index in [0.29, 0.717) is 12.5 Å². The summed E-state index contributed by atoms with van der Waals surface area (Å²) in [5.74, 6) is 1.35. The molecule has 100 valence electrons. The molecule has 1 saturated heterocycles. The number of nitrogens with zero attached hydrogens (tertiary/aromatic N) is 1. The first-order chi connectivity index (χ1) is 8.20. The van der Waals surface area contributed by atoms with Crippen LogP contribution in [0.1, 0.15) is 39.5 Å². The molecule has 0 amide bonds. The molecule has 0 aromatic heterocycles. The van der Waals surface area contributed by atoms with Crippen LogP contribution in [-0.4, -0.2) is 48.3 Å². The highest BCUT2D eigenvalue weighted by Gasteiger charge is 2.45. The molecule has 3 atom stereocenters. The van der Waals surface area contributed by atoms with Gasteiger partial charge in [0, 0.05) is 25.2 Å². The van der Waals surface area contributed by atoms with Gasteiger partial charge in [-0.25, -0.2) is 0 Å². The van der Waals surface area contributed by atoms with E-state index in [2.05, 4.69) is 24.1 Å². The molecule has 0 spiro atoms. The Bertz CT molecular complexity index is 238. The number of aliphatic hydroxyl groups excluding tert-OH is 1. The molecule has 3 unspecified atom stereocenters. The third kappa shape index (κ3) is 2.51. The highest BCUT2D eigenvalue weighted by atomic mass is 16.3. The van der Waals surface area contributed by atoms with Gasteiger partial charge in [0.05, 0.1) is 6.61 Å². The van der Waals surface area contributed by atoms with Crippen molar-refractivity contribution in [1.82, 2.24) is 10.2 Å². The maximum atomic E-state index is 10.0. The SMILES string of the molecule is CC1CCCC(CO)(N2CCCNCC2)C1C. The van der Waals surface area contributed by atoms with Crippen molar-refractivity contribution in [2.45, 2.75) is 45.1 Å². The molecule has 1 heterocycles. The lowest BCUT2D eigenvalue weighted by Crippen LogP contribution is -2.59. The Balaban J connectivity index is 2.15. The Morgan fingerprint density at radius 1 is 1.24 bits per heavy atom. The van der Waals surface area contributed by atoms with Gasteiger partial charge in [0.15, 0.2) is 0 Å². The lowest BCUT2D eigenvalue weighted by molar-refractivity contribution is -0.0514. The van der Waals surface area contributed by atoms with Crippen LogP contribution in [0.2, 0.25) is 0 Å². The number of hydrogen-bond donors (Lipinski definition) is 2. The third-order valence-electron chi connectivity index (χ3n) is 5.21. The van der Waals surface area contributed by atoms with E-state index < -0.39 is 0 Å². The summed E-state index contributed by atoms with van der Waals surface area (Å²) in [5, 5.41) is 13.5. The summed E-state index contributed by atoms with van der Waals surface area (Å²) in [6.45, 7) is 9.47. The first-order valence-electron chi connectivity index (χ1n) is 7.27. The van der Waals surface area contributed by atoms with Crippen LogP contribution in [0.4, 0.5) is 0 Å². The van der Waals surface area contributed by atoms with Gasteiger partial charge < -0.3 is 10.4 Å². The predicted molar refractivity (Wildman–Crippen MR) is 71.1 cm³/mol. The monoisotopic (exact) mass is 240 g/mol. The van der Waals surface area contributed by atoms with Crippen LogP contribution in [0.5, 0.6) is 0 Å². The number of nitrogens with one attached hydrogen (secondary N) is 1. The molecular weight excluding hydrogens is 212 g/mol. The van der Waals surface area contributed by atoms with Crippen molar-refractivity contribution in [1.29, 1.82) is 0 Å². The fraction of sp³-hybridized carbons (Fsp3) is 1.00. The minimum absolute atomic E-state index is 0.0592. The van der Waals surface area contributed by atoms with E-state index in [-0.39, 0.29) is 5.54 Å². The molecule has 1 aliphatic carbocycles. The maximum Gasteiger partial charge on any atom is 0.0618 e. The van der Waals surface area contributed by atoms with Crippen LogP contribution < -0.4 is 5.32 Å². The van der Waals surface area contributed by atoms with Crippen molar-refractivity contribution >= 4 is 0 Å². The van der Waals surface area contributed by atoms with E-state index >= 15 is 0 Å². The van der Waals surface area contributed by atoms with E-state index in [0.717, 1.165) is 32.1 Å². The quantitative estimate of drug-likeness (QED) is 0.767. The average molecular weight is 240 g/mol. The normalized spacial score (nSPS) is 41.1. The summed E-state index contributed by atoms with van der Waals surface area (Å²) < 4.78 is 0. The van der Waals surface area contributed by atoms with Crippen LogP contribution in [0.25, 0.3) is 0 Å². The largest absolute Gasteiger partial charge is 0.394 e. The second-order valence-electron chi connectivity index (χ2n) is 6.01. The van der Waals surface area contributed by atoms with Gasteiger partial charge in [-0.1, -0.05) is 26.7 Å². The number of rotatable bonds is 2. The highest BCUT2D eigenvalue weighted by molar-refractivity contribution is 4.99. The molecule has 1 aliphatic heterocycles. The highest BCUT2D eigenvalue weighted by Crippen LogP contribution is 2.41. The zero-order chi connectivity index (χ0) is 12.3. The van der Waals surface area contributed by atoms with Gasteiger partial charge >= 0.3 is 0 Å². The van der Waals surface area contributed by atoms with Crippen molar-refractivity contribution in [3.8, 4) is 0 Å². The molecule has 1 saturated carbocycles. The summed E-state index contributed by atoms with van der Waals surface area (Å²) >= 11 is 0. The molecule has 3 heteroatoms. The van der Waals surface area contributed by atoms with Gasteiger partial charge in [-0.3, -0.25) is 4.90 Å². The summed E-state index contributed by atoms with van der Waals surface area (Å²) in [6.07, 6.45) is 4.99. The lowest BCUT2D eigenvalue weighted by Gasteiger charge is -2.51. The lowest BCUT2D eigenvalue weighted by atomic mass is 9.67. The van der Waals surface area contributed by atoms with E-state index in [1.807, 2.05) is 0 Å². The Kier molecular flexibility index (Phi) is 4.45. The number of hydrogen-bond acceptors (Lipinski definition) is 3. The molecule has 17 heavy (non-hydrogen) atoms. The first-order valence-corrected chi connectivity index (χ1v) is 7.27. The Morgan fingerprint density at radius 2 is 2.06 bits per heavy atom. The summed E-state index contributed by atoms with van der Waals surface area (Å²) in [4.78, 5) is 2.58. The molecule has 2 fully saturated rings. The Hall–Kier alpha value is -0.120. The zero-order valence-electron chi connectivity index (χ0n) is 11.4. The maximum absolute atomic E-state index is 10.0. The fourth-order valence-corrected chi connectivity index (χ4v) is 3.80.